The Kier molecular flexibility index (Phi) is 4.18. The van der Waals surface area contributed by atoms with E-state index in [-0.39, 0.29) is 11.9 Å². The summed E-state index contributed by atoms with van der Waals surface area (Å²) >= 11 is 0. The largest absolute Gasteiger partial charge is 0.465 e. The predicted molar refractivity (Wildman–Crippen MR) is 75.4 cm³/mol. The Balaban J connectivity index is 2.03. The topological polar surface area (TPSA) is 33.5 Å². The summed E-state index contributed by atoms with van der Waals surface area (Å²) in [5.74, 6) is 0.627. The van der Waals surface area contributed by atoms with E-state index in [9.17, 15) is 4.79 Å². The molecule has 0 fully saturated rings. The molecule has 1 unspecified atom stereocenters. The molecular weight excluding hydrogens is 238 g/mol. The first-order valence-electron chi connectivity index (χ1n) is 6.22. The number of carbonyl (C=O) groups excluding carboxylic acids is 1. The zero-order valence-electron chi connectivity index (χ0n) is 11.1. The van der Waals surface area contributed by atoms with Crippen molar-refractivity contribution in [3.8, 4) is 0 Å². The van der Waals surface area contributed by atoms with Crippen molar-refractivity contribution in [2.24, 2.45) is 0 Å². The molecule has 0 N–H and O–H groups in total. The third kappa shape index (κ3) is 3.35. The van der Waals surface area contributed by atoms with Crippen molar-refractivity contribution in [3.05, 3.63) is 66.1 Å². The molecule has 3 heteroatoms. The molecule has 2 rings (SSSR count). The van der Waals surface area contributed by atoms with Crippen LogP contribution < -0.4 is 0 Å². The number of hydrogen-bond acceptors (Lipinski definition) is 2. The van der Waals surface area contributed by atoms with Gasteiger partial charge >= 0.3 is 0 Å². The Morgan fingerprint density at radius 3 is 2.58 bits per heavy atom. The van der Waals surface area contributed by atoms with Crippen LogP contribution in [0, 0.1) is 0 Å². The summed E-state index contributed by atoms with van der Waals surface area (Å²) in [5, 5.41) is 0. The highest BCUT2D eigenvalue weighted by atomic mass is 16.3. The van der Waals surface area contributed by atoms with Gasteiger partial charge in [-0.05, 0) is 30.7 Å². The normalized spacial score (nSPS) is 12.5. The molecule has 2 aromatic rings. The third-order valence-electron chi connectivity index (χ3n) is 3.14. The number of rotatable bonds is 4. The average Bonchev–Trinajstić information content (AvgIpc) is 2.97. The number of hydrogen-bond donors (Lipinski definition) is 0. The van der Waals surface area contributed by atoms with Crippen LogP contribution in [-0.4, -0.2) is 17.9 Å². The van der Waals surface area contributed by atoms with E-state index in [2.05, 4.69) is 0 Å². The van der Waals surface area contributed by atoms with Crippen molar-refractivity contribution in [1.29, 1.82) is 0 Å². The zero-order chi connectivity index (χ0) is 13.7. The van der Waals surface area contributed by atoms with Gasteiger partial charge in [-0.25, -0.2) is 0 Å². The summed E-state index contributed by atoms with van der Waals surface area (Å²) < 4.78 is 5.15. The molecule has 0 aliphatic carbocycles. The number of furan rings is 1. The van der Waals surface area contributed by atoms with Crippen LogP contribution in [0.25, 0.3) is 6.08 Å². The van der Waals surface area contributed by atoms with Crippen LogP contribution in [0.1, 0.15) is 24.3 Å². The summed E-state index contributed by atoms with van der Waals surface area (Å²) in [6.07, 6.45) is 4.79. The van der Waals surface area contributed by atoms with Gasteiger partial charge in [0.05, 0.1) is 12.3 Å². The van der Waals surface area contributed by atoms with E-state index in [0.717, 1.165) is 5.56 Å². The smallest absolute Gasteiger partial charge is 0.246 e. The van der Waals surface area contributed by atoms with Crippen molar-refractivity contribution in [2.75, 3.05) is 7.05 Å². The Morgan fingerprint density at radius 1 is 1.21 bits per heavy atom. The van der Waals surface area contributed by atoms with Gasteiger partial charge in [-0.3, -0.25) is 4.79 Å². The Hall–Kier alpha value is -2.29. The van der Waals surface area contributed by atoms with Gasteiger partial charge in [0.1, 0.15) is 5.76 Å². The minimum absolute atomic E-state index is 0.0370. The Labute approximate surface area is 113 Å². The SMILES string of the molecule is CC(c1ccccc1)N(C)C(=O)/C=C/c1ccco1. The number of carbonyl (C=O) groups is 1. The lowest BCUT2D eigenvalue weighted by Crippen LogP contribution is -2.27. The van der Waals surface area contributed by atoms with E-state index in [0.29, 0.717) is 5.76 Å². The molecule has 1 amide bonds. The fourth-order valence-electron chi connectivity index (χ4n) is 1.80. The number of likely N-dealkylation sites (N-methyl/N-ethyl adjacent to an activating group) is 1. The fourth-order valence-corrected chi connectivity index (χ4v) is 1.80. The molecule has 0 radical (unpaired) electrons. The van der Waals surface area contributed by atoms with Crippen LogP contribution >= 0.6 is 0 Å². The summed E-state index contributed by atoms with van der Waals surface area (Å²) in [4.78, 5) is 13.8. The van der Waals surface area contributed by atoms with Gasteiger partial charge in [-0.1, -0.05) is 30.3 Å². The van der Waals surface area contributed by atoms with E-state index < -0.39 is 0 Å². The maximum atomic E-state index is 12.1. The second-order valence-electron chi connectivity index (χ2n) is 4.38. The van der Waals surface area contributed by atoms with Crippen molar-refractivity contribution in [3.63, 3.8) is 0 Å². The summed E-state index contributed by atoms with van der Waals surface area (Å²) in [6, 6.07) is 13.6. The molecule has 1 aromatic heterocycles. The van der Waals surface area contributed by atoms with E-state index in [4.69, 9.17) is 4.42 Å². The monoisotopic (exact) mass is 255 g/mol. The highest BCUT2D eigenvalue weighted by Crippen LogP contribution is 2.18. The van der Waals surface area contributed by atoms with Crippen molar-refractivity contribution < 1.29 is 9.21 Å². The van der Waals surface area contributed by atoms with Crippen molar-refractivity contribution in [2.45, 2.75) is 13.0 Å². The lowest BCUT2D eigenvalue weighted by Gasteiger charge is -2.24. The van der Waals surface area contributed by atoms with Crippen LogP contribution in [0.5, 0.6) is 0 Å². The van der Waals surface area contributed by atoms with Crippen molar-refractivity contribution >= 4 is 12.0 Å². The van der Waals surface area contributed by atoms with Crippen LogP contribution in [-0.2, 0) is 4.79 Å². The molecular formula is C16H17NO2. The van der Waals surface area contributed by atoms with Gasteiger partial charge in [-0.2, -0.15) is 0 Å². The minimum atomic E-state index is -0.0484. The van der Waals surface area contributed by atoms with Crippen LogP contribution in [0.2, 0.25) is 0 Å². The maximum Gasteiger partial charge on any atom is 0.246 e. The molecule has 1 aromatic carbocycles. The molecule has 0 saturated carbocycles. The van der Waals surface area contributed by atoms with Gasteiger partial charge in [0.15, 0.2) is 0 Å². The van der Waals surface area contributed by atoms with E-state index in [1.165, 1.54) is 6.08 Å². The maximum absolute atomic E-state index is 12.1. The minimum Gasteiger partial charge on any atom is -0.465 e. The van der Waals surface area contributed by atoms with E-state index >= 15 is 0 Å². The van der Waals surface area contributed by atoms with E-state index in [1.807, 2.05) is 43.3 Å². The molecule has 1 heterocycles. The number of nitrogens with zero attached hydrogens (tertiary/aromatic N) is 1. The third-order valence-corrected chi connectivity index (χ3v) is 3.14. The molecule has 0 bridgehead atoms. The zero-order valence-corrected chi connectivity index (χ0v) is 11.1. The van der Waals surface area contributed by atoms with Crippen LogP contribution in [0.15, 0.2) is 59.2 Å². The molecule has 0 aliphatic rings. The van der Waals surface area contributed by atoms with Crippen LogP contribution in [0.3, 0.4) is 0 Å². The standard InChI is InChI=1S/C16H17NO2/c1-13(14-7-4-3-5-8-14)17(2)16(18)11-10-15-9-6-12-19-15/h3-13H,1-2H3/b11-10+. The molecule has 0 spiro atoms. The first-order valence-corrected chi connectivity index (χ1v) is 6.22. The Bertz CT molecular complexity index is 543. The lowest BCUT2D eigenvalue weighted by molar-refractivity contribution is -0.126. The lowest BCUT2D eigenvalue weighted by atomic mass is 10.1. The summed E-state index contributed by atoms with van der Waals surface area (Å²) in [5.41, 5.74) is 1.12. The average molecular weight is 255 g/mol. The van der Waals surface area contributed by atoms with Gasteiger partial charge < -0.3 is 9.32 Å². The number of benzene rings is 1. The van der Waals surface area contributed by atoms with Gasteiger partial charge in [0.2, 0.25) is 5.91 Å². The van der Waals surface area contributed by atoms with Crippen LogP contribution in [0.4, 0.5) is 0 Å². The molecule has 0 saturated heterocycles. The second-order valence-corrected chi connectivity index (χ2v) is 4.38. The first-order chi connectivity index (χ1) is 9.18. The molecule has 3 nitrogen and oxygen atoms in total. The predicted octanol–water partition coefficient (Wildman–Crippen LogP) is 3.51. The van der Waals surface area contributed by atoms with Gasteiger partial charge in [-0.15, -0.1) is 0 Å². The first kappa shape index (κ1) is 13.1. The molecule has 19 heavy (non-hydrogen) atoms. The number of amides is 1. The molecule has 98 valence electrons. The van der Waals surface area contributed by atoms with Crippen molar-refractivity contribution in [1.82, 2.24) is 4.90 Å². The van der Waals surface area contributed by atoms with Gasteiger partial charge in [0, 0.05) is 13.1 Å². The molecule has 1 atom stereocenters. The summed E-state index contributed by atoms with van der Waals surface area (Å²) in [7, 11) is 1.80. The molecule has 0 aliphatic heterocycles. The van der Waals surface area contributed by atoms with Gasteiger partial charge in [0.25, 0.3) is 0 Å². The summed E-state index contributed by atoms with van der Waals surface area (Å²) in [6.45, 7) is 2.01. The second kappa shape index (κ2) is 6.05. The quantitative estimate of drug-likeness (QED) is 0.783. The highest BCUT2D eigenvalue weighted by molar-refractivity contribution is 5.91. The Morgan fingerprint density at radius 2 is 1.95 bits per heavy atom. The van der Waals surface area contributed by atoms with E-state index in [1.54, 1.807) is 30.4 Å². The fraction of sp³-hybridized carbons (Fsp3) is 0.188. The highest BCUT2D eigenvalue weighted by Gasteiger charge is 2.14.